The zero-order valence-electron chi connectivity index (χ0n) is 26.6. The molecule has 0 spiro atoms. The van der Waals surface area contributed by atoms with Crippen molar-refractivity contribution in [2.75, 3.05) is 9.80 Å². The lowest BCUT2D eigenvalue weighted by atomic mass is 9.33. The van der Waals surface area contributed by atoms with Crippen molar-refractivity contribution < 1.29 is 0 Å². The minimum absolute atomic E-state index is 0.0939. The lowest BCUT2D eigenvalue weighted by Gasteiger charge is -2.44. The van der Waals surface area contributed by atoms with E-state index in [4.69, 9.17) is 0 Å². The van der Waals surface area contributed by atoms with Gasteiger partial charge in [0.2, 0.25) is 0 Å². The summed E-state index contributed by atoms with van der Waals surface area (Å²) in [6.45, 7) is 4.47. The summed E-state index contributed by atoms with van der Waals surface area (Å²) in [5.74, 6) is 0. The van der Waals surface area contributed by atoms with Crippen molar-refractivity contribution in [2.45, 2.75) is 13.8 Å². The molecule has 0 saturated heterocycles. The highest BCUT2D eigenvalue weighted by atomic mass is 15.2. The predicted molar refractivity (Wildman–Crippen MR) is 201 cm³/mol. The van der Waals surface area contributed by atoms with Crippen molar-refractivity contribution >= 4 is 57.2 Å². The van der Waals surface area contributed by atoms with Gasteiger partial charge in [-0.2, -0.15) is 0 Å². The molecule has 7 aromatic rings. The van der Waals surface area contributed by atoms with E-state index >= 15 is 0 Å². The third-order valence-corrected chi connectivity index (χ3v) is 9.75. The maximum Gasteiger partial charge on any atom is 0.252 e. The van der Waals surface area contributed by atoms with Crippen LogP contribution in [0.1, 0.15) is 11.1 Å². The summed E-state index contributed by atoms with van der Waals surface area (Å²) in [7, 11) is 0. The smallest absolute Gasteiger partial charge is 0.252 e. The van der Waals surface area contributed by atoms with Crippen LogP contribution in [-0.4, -0.2) is 6.71 Å². The van der Waals surface area contributed by atoms with Gasteiger partial charge >= 0.3 is 0 Å². The maximum absolute atomic E-state index is 2.48. The number of nitrogens with zero attached hydrogens (tertiary/aromatic N) is 2. The quantitative estimate of drug-likeness (QED) is 0.186. The molecule has 2 aliphatic heterocycles. The molecule has 2 aliphatic rings. The van der Waals surface area contributed by atoms with E-state index in [0.717, 1.165) is 5.69 Å². The number of aryl methyl sites for hydroxylation is 2. The van der Waals surface area contributed by atoms with Gasteiger partial charge in [-0.15, -0.1) is 0 Å². The average molecular weight is 601 g/mol. The van der Waals surface area contributed by atoms with E-state index in [-0.39, 0.29) is 6.71 Å². The van der Waals surface area contributed by atoms with Crippen LogP contribution >= 0.6 is 0 Å². The zero-order chi connectivity index (χ0) is 31.5. The zero-order valence-corrected chi connectivity index (χ0v) is 26.6. The molecule has 0 fully saturated rings. The summed E-state index contributed by atoms with van der Waals surface area (Å²) in [5.41, 5.74) is 18.7. The van der Waals surface area contributed by atoms with Crippen molar-refractivity contribution in [1.82, 2.24) is 0 Å². The van der Waals surface area contributed by atoms with Crippen molar-refractivity contribution in [3.8, 4) is 22.3 Å². The fourth-order valence-electron chi connectivity index (χ4n) is 7.61. The first-order valence-corrected chi connectivity index (χ1v) is 16.4. The first-order chi connectivity index (χ1) is 23.1. The second kappa shape index (κ2) is 10.9. The van der Waals surface area contributed by atoms with Gasteiger partial charge in [-0.25, -0.2) is 0 Å². The van der Waals surface area contributed by atoms with Crippen LogP contribution in [0.25, 0.3) is 22.3 Å². The van der Waals surface area contributed by atoms with Crippen LogP contribution in [0.3, 0.4) is 0 Å². The Morgan fingerprint density at radius 1 is 0.362 bits per heavy atom. The Hall–Kier alpha value is -5.80. The van der Waals surface area contributed by atoms with E-state index in [9.17, 15) is 0 Å². The van der Waals surface area contributed by atoms with Crippen molar-refractivity contribution in [1.29, 1.82) is 0 Å². The standard InChI is InChI=1S/C44H33BN2/c1-30-11-9-16-37(27-30)47-42-18-10-17-41-44(42)45(38-25-19-31(2)28-43(38)47)39-29-35(33-14-7-4-8-15-33)22-26-40(39)46(41)36-23-20-34(21-24-36)32-12-5-3-6-13-32/h3-29H,1-2H3. The third kappa shape index (κ3) is 4.50. The molecule has 7 aromatic carbocycles. The van der Waals surface area contributed by atoms with Crippen LogP contribution in [0.15, 0.2) is 164 Å². The van der Waals surface area contributed by atoms with E-state index in [2.05, 4.69) is 187 Å². The summed E-state index contributed by atoms with van der Waals surface area (Å²) in [5, 5.41) is 0. The Bertz CT molecular complexity index is 2280. The Kier molecular flexibility index (Phi) is 6.40. The topological polar surface area (TPSA) is 6.48 Å². The van der Waals surface area contributed by atoms with Gasteiger partial charge in [0, 0.05) is 34.1 Å². The third-order valence-electron chi connectivity index (χ3n) is 9.75. The maximum atomic E-state index is 2.48. The van der Waals surface area contributed by atoms with Gasteiger partial charge in [-0.05, 0) is 112 Å². The van der Waals surface area contributed by atoms with Gasteiger partial charge in [-0.1, -0.05) is 115 Å². The molecule has 2 heterocycles. The Morgan fingerprint density at radius 3 is 1.66 bits per heavy atom. The molecule has 0 atom stereocenters. The highest BCUT2D eigenvalue weighted by Gasteiger charge is 2.43. The van der Waals surface area contributed by atoms with Gasteiger partial charge in [0.1, 0.15) is 0 Å². The molecule has 0 unspecified atom stereocenters. The monoisotopic (exact) mass is 600 g/mol. The molecular formula is C44H33BN2. The molecule has 0 amide bonds. The minimum Gasteiger partial charge on any atom is -0.311 e. The predicted octanol–water partition coefficient (Wildman–Crippen LogP) is 9.72. The van der Waals surface area contributed by atoms with E-state index in [1.165, 1.54) is 78.2 Å². The summed E-state index contributed by atoms with van der Waals surface area (Å²) >= 11 is 0. The molecule has 0 aliphatic carbocycles. The average Bonchev–Trinajstić information content (AvgIpc) is 3.12. The van der Waals surface area contributed by atoms with Crippen molar-refractivity contribution in [2.24, 2.45) is 0 Å². The summed E-state index contributed by atoms with van der Waals surface area (Å²) in [6, 6.07) is 60.2. The van der Waals surface area contributed by atoms with Crippen LogP contribution in [0.4, 0.5) is 34.1 Å². The molecule has 3 heteroatoms. The largest absolute Gasteiger partial charge is 0.311 e. The summed E-state index contributed by atoms with van der Waals surface area (Å²) in [4.78, 5) is 4.95. The van der Waals surface area contributed by atoms with Gasteiger partial charge < -0.3 is 9.80 Å². The van der Waals surface area contributed by atoms with Crippen LogP contribution in [0.5, 0.6) is 0 Å². The second-order valence-electron chi connectivity index (χ2n) is 12.8. The number of rotatable bonds is 4. The molecule has 0 bridgehead atoms. The Balaban J connectivity index is 1.31. The molecule has 2 nitrogen and oxygen atoms in total. The minimum atomic E-state index is 0.0939. The van der Waals surface area contributed by atoms with Gasteiger partial charge in [-0.3, -0.25) is 0 Å². The number of fused-ring (bicyclic) bond motifs is 4. The summed E-state index contributed by atoms with van der Waals surface area (Å²) in [6.07, 6.45) is 0. The van der Waals surface area contributed by atoms with E-state index in [1.807, 2.05) is 0 Å². The molecule has 222 valence electrons. The molecule has 0 aromatic heterocycles. The first kappa shape index (κ1) is 27.5. The van der Waals surface area contributed by atoms with E-state index in [1.54, 1.807) is 0 Å². The van der Waals surface area contributed by atoms with Gasteiger partial charge in [0.15, 0.2) is 0 Å². The normalized spacial score (nSPS) is 12.8. The Labute approximate surface area is 277 Å². The summed E-state index contributed by atoms with van der Waals surface area (Å²) < 4.78 is 0. The van der Waals surface area contributed by atoms with Crippen molar-refractivity contribution in [3.05, 3.63) is 175 Å². The van der Waals surface area contributed by atoms with Crippen LogP contribution in [0, 0.1) is 13.8 Å². The molecular weight excluding hydrogens is 567 g/mol. The fourth-order valence-corrected chi connectivity index (χ4v) is 7.61. The lowest BCUT2D eigenvalue weighted by molar-refractivity contribution is 1.24. The molecule has 0 N–H and O–H groups in total. The van der Waals surface area contributed by atoms with E-state index in [0.29, 0.717) is 0 Å². The van der Waals surface area contributed by atoms with Crippen molar-refractivity contribution in [3.63, 3.8) is 0 Å². The van der Waals surface area contributed by atoms with Crippen LogP contribution in [0.2, 0.25) is 0 Å². The van der Waals surface area contributed by atoms with Gasteiger partial charge in [0.05, 0.1) is 0 Å². The van der Waals surface area contributed by atoms with Gasteiger partial charge in [0.25, 0.3) is 6.71 Å². The Morgan fingerprint density at radius 2 is 0.957 bits per heavy atom. The first-order valence-electron chi connectivity index (χ1n) is 16.4. The van der Waals surface area contributed by atoms with Crippen LogP contribution in [-0.2, 0) is 0 Å². The highest BCUT2D eigenvalue weighted by Crippen LogP contribution is 2.44. The second-order valence-corrected chi connectivity index (χ2v) is 12.8. The molecule has 47 heavy (non-hydrogen) atoms. The lowest BCUT2D eigenvalue weighted by Crippen LogP contribution is -2.61. The molecule has 0 radical (unpaired) electrons. The number of benzene rings is 7. The fraction of sp³-hybridized carbons (Fsp3) is 0.0455. The number of hydrogen-bond acceptors (Lipinski definition) is 2. The van der Waals surface area contributed by atoms with E-state index < -0.39 is 0 Å². The molecule has 9 rings (SSSR count). The SMILES string of the molecule is Cc1cccc(N2c3cc(C)ccc3B3c4cc(-c5ccccc5)ccc4N(c4ccc(-c5ccccc5)cc4)c4cccc2c43)c1. The molecule has 0 saturated carbocycles. The number of hydrogen-bond donors (Lipinski definition) is 0. The van der Waals surface area contributed by atoms with Crippen LogP contribution < -0.4 is 26.2 Å². The highest BCUT2D eigenvalue weighted by molar-refractivity contribution is 7.00. The number of anilines is 6.